The molecule has 35 heavy (non-hydrogen) atoms. The van der Waals surface area contributed by atoms with Gasteiger partial charge in [-0.15, -0.1) is 0 Å². The quantitative estimate of drug-likeness (QED) is 0.257. The van der Waals surface area contributed by atoms with Crippen LogP contribution in [0, 0.1) is 0 Å². The number of fused-ring (bicyclic) bond motifs is 1. The van der Waals surface area contributed by atoms with Gasteiger partial charge in [0.05, 0.1) is 23.9 Å². The molecular weight excluding hydrogens is 464 g/mol. The Hall–Kier alpha value is -3.78. The SMILES string of the molecule is COc1ccc(OCCCN(Cc2cccc(OC(C)C(=O)O)c2)c2nc3ccccc3s2)cc1. The first-order chi connectivity index (χ1) is 17.0. The van der Waals surface area contributed by atoms with Crippen molar-refractivity contribution in [1.82, 2.24) is 4.98 Å². The Bertz CT molecular complexity index is 1220. The van der Waals surface area contributed by atoms with Crippen molar-refractivity contribution < 1.29 is 24.1 Å². The molecule has 0 aliphatic carbocycles. The minimum absolute atomic E-state index is 0.532. The number of aromatic nitrogens is 1. The Morgan fingerprint density at radius 3 is 2.54 bits per heavy atom. The monoisotopic (exact) mass is 492 g/mol. The van der Waals surface area contributed by atoms with E-state index in [4.69, 9.17) is 24.3 Å². The highest BCUT2D eigenvalue weighted by Gasteiger charge is 2.15. The molecule has 1 aromatic heterocycles. The Balaban J connectivity index is 1.45. The van der Waals surface area contributed by atoms with Gasteiger partial charge in [-0.05, 0) is 67.4 Å². The van der Waals surface area contributed by atoms with E-state index in [0.29, 0.717) is 18.9 Å². The molecule has 182 valence electrons. The summed E-state index contributed by atoms with van der Waals surface area (Å²) in [5.74, 6) is 1.13. The van der Waals surface area contributed by atoms with Crippen molar-refractivity contribution in [2.24, 2.45) is 0 Å². The Labute approximate surface area is 208 Å². The van der Waals surface area contributed by atoms with Crippen molar-refractivity contribution in [3.05, 3.63) is 78.4 Å². The summed E-state index contributed by atoms with van der Waals surface area (Å²) in [5, 5.41) is 10.1. The smallest absolute Gasteiger partial charge is 0.344 e. The van der Waals surface area contributed by atoms with Gasteiger partial charge < -0.3 is 24.2 Å². The maximum absolute atomic E-state index is 11.2. The summed E-state index contributed by atoms with van der Waals surface area (Å²) in [6, 6.07) is 23.2. The number of anilines is 1. The number of methoxy groups -OCH3 is 1. The number of hydrogen-bond donors (Lipinski definition) is 1. The van der Waals surface area contributed by atoms with E-state index in [1.54, 1.807) is 24.5 Å². The van der Waals surface area contributed by atoms with E-state index in [-0.39, 0.29) is 0 Å². The summed E-state index contributed by atoms with van der Waals surface area (Å²) >= 11 is 1.65. The van der Waals surface area contributed by atoms with Crippen LogP contribution < -0.4 is 19.1 Å². The molecule has 1 atom stereocenters. The van der Waals surface area contributed by atoms with Gasteiger partial charge in [0.15, 0.2) is 11.2 Å². The highest BCUT2D eigenvalue weighted by atomic mass is 32.1. The lowest BCUT2D eigenvalue weighted by Gasteiger charge is -2.22. The second-order valence-corrected chi connectivity index (χ2v) is 9.02. The van der Waals surface area contributed by atoms with E-state index in [9.17, 15) is 4.79 Å². The molecule has 0 bridgehead atoms. The Morgan fingerprint density at radius 1 is 1.03 bits per heavy atom. The summed E-state index contributed by atoms with van der Waals surface area (Å²) in [4.78, 5) is 18.2. The van der Waals surface area contributed by atoms with Crippen molar-refractivity contribution in [3.8, 4) is 17.2 Å². The van der Waals surface area contributed by atoms with Crippen LogP contribution in [-0.2, 0) is 11.3 Å². The molecule has 7 nitrogen and oxygen atoms in total. The average Bonchev–Trinajstić information content (AvgIpc) is 3.30. The van der Waals surface area contributed by atoms with Gasteiger partial charge in [0.2, 0.25) is 0 Å². The number of benzene rings is 3. The molecule has 1 N–H and O–H groups in total. The van der Waals surface area contributed by atoms with Gasteiger partial charge in [0, 0.05) is 13.1 Å². The standard InChI is InChI=1S/C27H28N2O5S/c1-19(26(30)31)34-23-8-5-7-20(17-23)18-29(27-28-24-9-3-4-10-25(24)35-27)15-6-16-33-22-13-11-21(32-2)12-14-22/h3-5,7-14,17,19H,6,15-16,18H2,1-2H3,(H,30,31). The summed E-state index contributed by atoms with van der Waals surface area (Å²) < 4.78 is 17.8. The van der Waals surface area contributed by atoms with Crippen molar-refractivity contribution in [2.45, 2.75) is 26.0 Å². The maximum atomic E-state index is 11.2. The first-order valence-electron chi connectivity index (χ1n) is 11.4. The van der Waals surface area contributed by atoms with Crippen LogP contribution in [0.2, 0.25) is 0 Å². The normalized spacial score (nSPS) is 11.7. The molecule has 3 aromatic carbocycles. The van der Waals surface area contributed by atoms with Crippen molar-refractivity contribution in [3.63, 3.8) is 0 Å². The third kappa shape index (κ3) is 6.64. The van der Waals surface area contributed by atoms with Crippen LogP contribution >= 0.6 is 11.3 Å². The van der Waals surface area contributed by atoms with E-state index in [2.05, 4.69) is 11.0 Å². The zero-order chi connectivity index (χ0) is 24.6. The molecule has 8 heteroatoms. The molecule has 1 unspecified atom stereocenters. The predicted molar refractivity (Wildman–Crippen MR) is 138 cm³/mol. The lowest BCUT2D eigenvalue weighted by molar-refractivity contribution is -0.144. The van der Waals surface area contributed by atoms with Crippen LogP contribution in [0.4, 0.5) is 5.13 Å². The van der Waals surface area contributed by atoms with E-state index < -0.39 is 12.1 Å². The number of rotatable bonds is 12. The number of hydrogen-bond acceptors (Lipinski definition) is 7. The zero-order valence-corrected chi connectivity index (χ0v) is 20.5. The zero-order valence-electron chi connectivity index (χ0n) is 19.7. The first kappa shape index (κ1) is 24.3. The second kappa shape index (κ2) is 11.6. The summed E-state index contributed by atoms with van der Waals surface area (Å²) in [7, 11) is 1.64. The number of ether oxygens (including phenoxy) is 3. The van der Waals surface area contributed by atoms with Gasteiger partial charge >= 0.3 is 5.97 Å². The van der Waals surface area contributed by atoms with E-state index in [1.807, 2.05) is 60.7 Å². The van der Waals surface area contributed by atoms with Crippen LogP contribution in [0.25, 0.3) is 10.2 Å². The molecule has 4 aromatic rings. The molecule has 0 spiro atoms. The molecule has 0 saturated heterocycles. The third-order valence-corrected chi connectivity index (χ3v) is 6.48. The predicted octanol–water partition coefficient (Wildman–Crippen LogP) is 5.63. The molecule has 0 aliphatic heterocycles. The van der Waals surface area contributed by atoms with E-state index >= 15 is 0 Å². The van der Waals surface area contributed by atoms with E-state index in [0.717, 1.165) is 45.4 Å². The average molecular weight is 493 g/mol. The highest BCUT2D eigenvalue weighted by Crippen LogP contribution is 2.30. The Morgan fingerprint density at radius 2 is 1.80 bits per heavy atom. The van der Waals surface area contributed by atoms with Crippen LogP contribution in [0.1, 0.15) is 18.9 Å². The third-order valence-electron chi connectivity index (χ3n) is 5.39. The second-order valence-electron chi connectivity index (χ2n) is 8.01. The first-order valence-corrected chi connectivity index (χ1v) is 12.2. The van der Waals surface area contributed by atoms with Crippen LogP contribution in [0.5, 0.6) is 17.2 Å². The van der Waals surface area contributed by atoms with Crippen molar-refractivity contribution >= 4 is 32.7 Å². The van der Waals surface area contributed by atoms with Crippen LogP contribution in [0.3, 0.4) is 0 Å². The Kier molecular flexibility index (Phi) is 8.05. The molecule has 4 rings (SSSR count). The summed E-state index contributed by atoms with van der Waals surface area (Å²) in [6.45, 7) is 3.44. The molecule has 0 amide bonds. The van der Waals surface area contributed by atoms with Gasteiger partial charge in [0.25, 0.3) is 0 Å². The number of aliphatic carboxylic acids is 1. The molecule has 1 heterocycles. The van der Waals surface area contributed by atoms with Gasteiger partial charge in [0.1, 0.15) is 17.2 Å². The lowest BCUT2D eigenvalue weighted by atomic mass is 10.2. The van der Waals surface area contributed by atoms with Gasteiger partial charge in [-0.2, -0.15) is 0 Å². The topological polar surface area (TPSA) is 81.1 Å². The number of carbonyl (C=O) groups is 1. The number of para-hydroxylation sites is 1. The minimum Gasteiger partial charge on any atom is -0.497 e. The van der Waals surface area contributed by atoms with Crippen molar-refractivity contribution in [2.75, 3.05) is 25.2 Å². The fourth-order valence-corrected chi connectivity index (χ4v) is 4.54. The van der Waals surface area contributed by atoms with Crippen molar-refractivity contribution in [1.29, 1.82) is 0 Å². The number of carboxylic acids is 1. The highest BCUT2D eigenvalue weighted by molar-refractivity contribution is 7.22. The molecule has 0 fully saturated rings. The number of nitrogens with zero attached hydrogens (tertiary/aromatic N) is 2. The van der Waals surface area contributed by atoms with Gasteiger partial charge in [-0.3, -0.25) is 0 Å². The van der Waals surface area contributed by atoms with Crippen LogP contribution in [0.15, 0.2) is 72.8 Å². The molecule has 0 aliphatic rings. The largest absolute Gasteiger partial charge is 0.497 e. The van der Waals surface area contributed by atoms with Crippen LogP contribution in [-0.4, -0.2) is 42.4 Å². The van der Waals surface area contributed by atoms with Gasteiger partial charge in [-0.1, -0.05) is 35.6 Å². The summed E-state index contributed by atoms with van der Waals surface area (Å²) in [6.07, 6.45) is -0.116. The minimum atomic E-state index is -0.997. The molecule has 0 radical (unpaired) electrons. The fraction of sp³-hybridized carbons (Fsp3) is 0.259. The molecule has 0 saturated carbocycles. The van der Waals surface area contributed by atoms with E-state index in [1.165, 1.54) is 6.92 Å². The summed E-state index contributed by atoms with van der Waals surface area (Å²) in [5.41, 5.74) is 1.98. The molecular formula is C27H28N2O5S. The number of thiazole rings is 1. The van der Waals surface area contributed by atoms with Gasteiger partial charge in [-0.25, -0.2) is 9.78 Å². The lowest BCUT2D eigenvalue weighted by Crippen LogP contribution is -2.25. The maximum Gasteiger partial charge on any atom is 0.344 e. The number of carboxylic acid groups (broad SMARTS) is 1. The fourth-order valence-electron chi connectivity index (χ4n) is 3.55.